The Hall–Kier alpha value is -2.79. The first-order valence-corrected chi connectivity index (χ1v) is 10.4. The summed E-state index contributed by atoms with van der Waals surface area (Å²) in [6.07, 6.45) is 0. The highest BCUT2D eigenvalue weighted by atomic mass is 32.2. The van der Waals surface area contributed by atoms with Crippen molar-refractivity contribution < 1.29 is 14.3 Å². The molecule has 0 aliphatic rings. The molecule has 3 aromatic carbocycles. The maximum absolute atomic E-state index is 12.4. The van der Waals surface area contributed by atoms with Gasteiger partial charge in [-0.2, -0.15) is 0 Å². The van der Waals surface area contributed by atoms with Crippen LogP contribution >= 0.6 is 11.8 Å². The minimum absolute atomic E-state index is 0.0167. The topological polar surface area (TPSA) is 55.4 Å². The molecule has 5 heteroatoms. The van der Waals surface area contributed by atoms with Crippen molar-refractivity contribution in [3.63, 3.8) is 0 Å². The fourth-order valence-corrected chi connectivity index (χ4v) is 3.79. The van der Waals surface area contributed by atoms with Gasteiger partial charge in [-0.25, -0.2) is 0 Å². The van der Waals surface area contributed by atoms with Crippen LogP contribution in [0.2, 0.25) is 0 Å². The summed E-state index contributed by atoms with van der Waals surface area (Å²) in [6.45, 7) is 4.02. The second-order valence-corrected chi connectivity index (χ2v) is 7.36. The SMILES string of the molecule is CCOc1ccc(C(C)=O)cc1CSCC(=O)Nc1cccc2ccccc12. The van der Waals surface area contributed by atoms with Crippen molar-refractivity contribution in [1.29, 1.82) is 0 Å². The monoisotopic (exact) mass is 393 g/mol. The van der Waals surface area contributed by atoms with Crippen LogP contribution in [0.15, 0.2) is 60.7 Å². The molecule has 0 radical (unpaired) electrons. The Balaban J connectivity index is 1.64. The van der Waals surface area contributed by atoms with Gasteiger partial charge in [0.05, 0.1) is 12.4 Å². The molecule has 0 aromatic heterocycles. The molecule has 0 fully saturated rings. The van der Waals surface area contributed by atoms with E-state index in [-0.39, 0.29) is 11.7 Å². The van der Waals surface area contributed by atoms with Crippen LogP contribution in [0, 0.1) is 0 Å². The summed E-state index contributed by atoms with van der Waals surface area (Å²) < 4.78 is 5.65. The standard InChI is InChI=1S/C23H23NO3S/c1-3-27-22-12-11-18(16(2)25)13-19(22)14-28-15-23(26)24-21-10-6-8-17-7-4-5-9-20(17)21/h4-13H,3,14-15H2,1-2H3,(H,24,26). The minimum atomic E-state index is -0.0537. The van der Waals surface area contributed by atoms with Gasteiger partial charge in [0.15, 0.2) is 5.78 Å². The molecule has 0 atom stereocenters. The smallest absolute Gasteiger partial charge is 0.234 e. The highest BCUT2D eigenvalue weighted by Gasteiger charge is 2.10. The molecule has 0 unspecified atom stereocenters. The fraction of sp³-hybridized carbons (Fsp3) is 0.217. The Labute approximate surface area is 169 Å². The van der Waals surface area contributed by atoms with Gasteiger partial charge < -0.3 is 10.1 Å². The highest BCUT2D eigenvalue weighted by molar-refractivity contribution is 7.99. The van der Waals surface area contributed by atoms with Crippen molar-refractivity contribution in [2.45, 2.75) is 19.6 Å². The molecule has 0 saturated carbocycles. The molecule has 1 N–H and O–H groups in total. The van der Waals surface area contributed by atoms with Gasteiger partial charge in [0, 0.05) is 28.0 Å². The van der Waals surface area contributed by atoms with Crippen molar-refractivity contribution >= 4 is 39.9 Å². The van der Waals surface area contributed by atoms with Crippen molar-refractivity contribution in [2.24, 2.45) is 0 Å². The molecule has 4 nitrogen and oxygen atoms in total. The molecule has 0 bridgehead atoms. The van der Waals surface area contributed by atoms with Crippen LogP contribution in [0.3, 0.4) is 0 Å². The van der Waals surface area contributed by atoms with Crippen LogP contribution in [-0.4, -0.2) is 24.1 Å². The lowest BCUT2D eigenvalue weighted by atomic mass is 10.1. The molecule has 0 saturated heterocycles. The predicted octanol–water partition coefficient (Wildman–Crippen LogP) is 5.31. The molecular formula is C23H23NO3S. The quantitative estimate of drug-likeness (QED) is 0.527. The first-order chi connectivity index (χ1) is 13.6. The van der Waals surface area contributed by atoms with Crippen molar-refractivity contribution in [3.05, 3.63) is 71.8 Å². The van der Waals surface area contributed by atoms with Gasteiger partial charge in [-0.3, -0.25) is 9.59 Å². The summed E-state index contributed by atoms with van der Waals surface area (Å²) >= 11 is 1.50. The van der Waals surface area contributed by atoms with E-state index in [1.807, 2.05) is 61.5 Å². The number of rotatable bonds is 8. The fourth-order valence-electron chi connectivity index (χ4n) is 2.98. The zero-order valence-electron chi connectivity index (χ0n) is 16.0. The van der Waals surface area contributed by atoms with E-state index in [4.69, 9.17) is 4.74 Å². The third-order valence-electron chi connectivity index (χ3n) is 4.32. The molecule has 28 heavy (non-hydrogen) atoms. The largest absolute Gasteiger partial charge is 0.494 e. The number of anilines is 1. The number of carbonyl (C=O) groups is 2. The van der Waals surface area contributed by atoms with Crippen LogP contribution in [0.25, 0.3) is 10.8 Å². The Morgan fingerprint density at radius 1 is 1.04 bits per heavy atom. The van der Waals surface area contributed by atoms with Gasteiger partial charge >= 0.3 is 0 Å². The number of ether oxygens (including phenoxy) is 1. The number of fused-ring (bicyclic) bond motifs is 1. The van der Waals surface area contributed by atoms with Gasteiger partial charge in [-0.15, -0.1) is 11.8 Å². The first kappa shape index (κ1) is 20.0. The summed E-state index contributed by atoms with van der Waals surface area (Å²) in [5.41, 5.74) is 2.40. The number of hydrogen-bond donors (Lipinski definition) is 1. The lowest BCUT2D eigenvalue weighted by molar-refractivity contribution is -0.113. The normalized spacial score (nSPS) is 10.6. The number of Topliss-reactive ketones (excluding diaryl/α,β-unsaturated/α-hetero) is 1. The number of amides is 1. The number of thioether (sulfide) groups is 1. The third-order valence-corrected chi connectivity index (χ3v) is 5.30. The average Bonchev–Trinajstić information content (AvgIpc) is 2.69. The zero-order chi connectivity index (χ0) is 19.9. The molecule has 0 aliphatic heterocycles. The molecule has 1 amide bonds. The second kappa shape index (κ2) is 9.42. The number of carbonyl (C=O) groups excluding carboxylic acids is 2. The maximum Gasteiger partial charge on any atom is 0.234 e. The summed E-state index contributed by atoms with van der Waals surface area (Å²) in [5.74, 6) is 1.64. The Morgan fingerprint density at radius 3 is 2.61 bits per heavy atom. The van der Waals surface area contributed by atoms with Crippen molar-refractivity contribution in [2.75, 3.05) is 17.7 Å². The average molecular weight is 394 g/mol. The Morgan fingerprint density at radius 2 is 1.82 bits per heavy atom. The van der Waals surface area contributed by atoms with E-state index in [1.165, 1.54) is 11.8 Å². The molecule has 144 valence electrons. The van der Waals surface area contributed by atoms with Crippen LogP contribution in [-0.2, 0) is 10.5 Å². The highest BCUT2D eigenvalue weighted by Crippen LogP contribution is 2.26. The Bertz CT molecular complexity index is 995. The Kier molecular flexibility index (Phi) is 6.71. The van der Waals surface area contributed by atoms with E-state index < -0.39 is 0 Å². The molecule has 0 spiro atoms. The number of ketones is 1. The molecule has 0 heterocycles. The molecule has 3 rings (SSSR count). The summed E-state index contributed by atoms with van der Waals surface area (Å²) in [4.78, 5) is 24.1. The second-order valence-electron chi connectivity index (χ2n) is 6.38. The van der Waals surface area contributed by atoms with Gasteiger partial charge in [0.2, 0.25) is 5.91 Å². The summed E-state index contributed by atoms with van der Waals surface area (Å²) in [7, 11) is 0. The van der Waals surface area contributed by atoms with E-state index in [9.17, 15) is 9.59 Å². The number of nitrogens with one attached hydrogen (secondary N) is 1. The van der Waals surface area contributed by atoms with Crippen LogP contribution in [0.5, 0.6) is 5.75 Å². The number of benzene rings is 3. The third kappa shape index (κ3) is 4.93. The van der Waals surface area contributed by atoms with Gasteiger partial charge in [-0.1, -0.05) is 36.4 Å². The lowest BCUT2D eigenvalue weighted by Crippen LogP contribution is -2.14. The maximum atomic E-state index is 12.4. The van der Waals surface area contributed by atoms with Crippen molar-refractivity contribution in [3.8, 4) is 5.75 Å². The lowest BCUT2D eigenvalue weighted by Gasteiger charge is -2.12. The van der Waals surface area contributed by atoms with Gasteiger partial charge in [0.25, 0.3) is 0 Å². The molecular weight excluding hydrogens is 370 g/mol. The first-order valence-electron chi connectivity index (χ1n) is 9.20. The van der Waals surface area contributed by atoms with E-state index in [2.05, 4.69) is 5.32 Å². The summed E-state index contributed by atoms with van der Waals surface area (Å²) in [5, 5.41) is 5.11. The zero-order valence-corrected chi connectivity index (χ0v) is 16.8. The van der Waals surface area contributed by atoms with E-state index in [1.54, 1.807) is 13.0 Å². The summed E-state index contributed by atoms with van der Waals surface area (Å²) in [6, 6.07) is 19.3. The van der Waals surface area contributed by atoms with Crippen LogP contribution < -0.4 is 10.1 Å². The predicted molar refractivity (Wildman–Crippen MR) is 116 cm³/mol. The van der Waals surface area contributed by atoms with E-state index >= 15 is 0 Å². The van der Waals surface area contributed by atoms with Gasteiger partial charge in [-0.05, 0) is 43.5 Å². The van der Waals surface area contributed by atoms with Gasteiger partial charge in [0.1, 0.15) is 5.75 Å². The number of hydrogen-bond acceptors (Lipinski definition) is 4. The minimum Gasteiger partial charge on any atom is -0.494 e. The van der Waals surface area contributed by atoms with Crippen molar-refractivity contribution in [1.82, 2.24) is 0 Å². The molecule has 0 aliphatic carbocycles. The van der Waals surface area contributed by atoms with Crippen LogP contribution in [0.4, 0.5) is 5.69 Å². The van der Waals surface area contributed by atoms with E-state index in [0.29, 0.717) is 23.7 Å². The van der Waals surface area contributed by atoms with E-state index in [0.717, 1.165) is 27.8 Å². The molecule has 3 aromatic rings. The van der Waals surface area contributed by atoms with Crippen LogP contribution in [0.1, 0.15) is 29.8 Å².